The highest BCUT2D eigenvalue weighted by Gasteiger charge is 2.05. The van der Waals surface area contributed by atoms with Crippen molar-refractivity contribution in [2.24, 2.45) is 5.73 Å². The molecule has 1 aromatic heterocycles. The molecule has 2 aromatic rings. The van der Waals surface area contributed by atoms with E-state index in [4.69, 9.17) is 5.73 Å². The Hall–Kier alpha value is -1.46. The minimum atomic E-state index is 0.108. The first kappa shape index (κ1) is 14.9. The minimum Gasteiger partial charge on any atom is -0.350 e. The molecule has 1 aromatic carbocycles. The second-order valence-electron chi connectivity index (χ2n) is 4.80. The lowest BCUT2D eigenvalue weighted by Crippen LogP contribution is -2.22. The van der Waals surface area contributed by atoms with Gasteiger partial charge in [0.15, 0.2) is 0 Å². The van der Waals surface area contributed by atoms with E-state index in [1.54, 1.807) is 11.3 Å². The van der Waals surface area contributed by atoms with E-state index in [0.29, 0.717) is 13.0 Å². The maximum atomic E-state index is 11.7. The molecule has 3 N–H and O–H groups in total. The van der Waals surface area contributed by atoms with Gasteiger partial charge >= 0.3 is 0 Å². The highest BCUT2D eigenvalue weighted by atomic mass is 32.1. The molecule has 1 heterocycles. The van der Waals surface area contributed by atoms with Crippen molar-refractivity contribution in [2.45, 2.75) is 38.6 Å². The van der Waals surface area contributed by atoms with Gasteiger partial charge in [-0.3, -0.25) is 4.79 Å². The summed E-state index contributed by atoms with van der Waals surface area (Å²) in [4.78, 5) is 16.2. The monoisotopic (exact) mass is 291 g/mol. The van der Waals surface area contributed by atoms with Crippen molar-refractivity contribution in [2.75, 3.05) is 6.54 Å². The average Bonchev–Trinajstić information content (AvgIpc) is 2.88. The summed E-state index contributed by atoms with van der Waals surface area (Å²) in [7, 11) is 0. The van der Waals surface area contributed by atoms with Gasteiger partial charge in [0.1, 0.15) is 5.01 Å². The lowest BCUT2D eigenvalue weighted by atomic mass is 10.1. The molecule has 5 heteroatoms. The predicted octanol–water partition coefficient (Wildman–Crippen LogP) is 2.82. The van der Waals surface area contributed by atoms with Gasteiger partial charge in [-0.25, -0.2) is 4.98 Å². The lowest BCUT2D eigenvalue weighted by Gasteiger charge is -2.02. The Balaban J connectivity index is 1.70. The first-order valence-electron chi connectivity index (χ1n) is 7.11. The molecule has 0 aliphatic carbocycles. The summed E-state index contributed by atoms with van der Waals surface area (Å²) in [5.74, 6) is 0.108. The quantitative estimate of drug-likeness (QED) is 0.735. The maximum absolute atomic E-state index is 11.7. The van der Waals surface area contributed by atoms with Crippen molar-refractivity contribution < 1.29 is 4.79 Å². The van der Waals surface area contributed by atoms with Crippen molar-refractivity contribution in [3.05, 3.63) is 29.3 Å². The number of nitrogens with zero attached hydrogens (tertiary/aromatic N) is 1. The molecule has 0 fully saturated rings. The van der Waals surface area contributed by atoms with E-state index in [9.17, 15) is 4.79 Å². The number of hydrogen-bond donors (Lipinski definition) is 2. The summed E-state index contributed by atoms with van der Waals surface area (Å²) in [6.07, 6.45) is 4.77. The number of benzene rings is 1. The van der Waals surface area contributed by atoms with Crippen LogP contribution in [0.2, 0.25) is 0 Å². The van der Waals surface area contributed by atoms with Gasteiger partial charge in [0.05, 0.1) is 16.8 Å². The number of fused-ring (bicyclic) bond motifs is 1. The highest BCUT2D eigenvalue weighted by molar-refractivity contribution is 7.18. The van der Waals surface area contributed by atoms with E-state index >= 15 is 0 Å². The Bertz CT molecular complexity index is 520. The topological polar surface area (TPSA) is 68.0 Å². The van der Waals surface area contributed by atoms with E-state index in [0.717, 1.165) is 42.8 Å². The molecule has 108 valence electrons. The molecule has 0 aliphatic rings. The maximum Gasteiger partial charge on any atom is 0.220 e. The van der Waals surface area contributed by atoms with Crippen LogP contribution in [0.5, 0.6) is 0 Å². The molecule has 0 aliphatic heterocycles. The third kappa shape index (κ3) is 4.58. The summed E-state index contributed by atoms with van der Waals surface area (Å²) >= 11 is 1.63. The summed E-state index contributed by atoms with van der Waals surface area (Å²) in [6.45, 7) is 1.27. The van der Waals surface area contributed by atoms with Crippen LogP contribution >= 0.6 is 11.3 Å². The molecule has 0 spiro atoms. The van der Waals surface area contributed by atoms with E-state index < -0.39 is 0 Å². The largest absolute Gasteiger partial charge is 0.350 e. The summed E-state index contributed by atoms with van der Waals surface area (Å²) in [6, 6.07) is 8.03. The van der Waals surface area contributed by atoms with Gasteiger partial charge in [-0.05, 0) is 31.5 Å². The molecule has 0 radical (unpaired) electrons. The van der Waals surface area contributed by atoms with Crippen LogP contribution in [0.15, 0.2) is 24.3 Å². The van der Waals surface area contributed by atoms with Crippen LogP contribution in [0.3, 0.4) is 0 Å². The minimum absolute atomic E-state index is 0.108. The Morgan fingerprint density at radius 2 is 2.00 bits per heavy atom. The van der Waals surface area contributed by atoms with Gasteiger partial charge in [-0.1, -0.05) is 25.0 Å². The van der Waals surface area contributed by atoms with Gasteiger partial charge in [0.25, 0.3) is 0 Å². The van der Waals surface area contributed by atoms with Crippen LogP contribution in [-0.4, -0.2) is 17.4 Å². The number of hydrogen-bond acceptors (Lipinski definition) is 4. The Labute approximate surface area is 123 Å². The third-order valence-corrected chi connectivity index (χ3v) is 4.17. The molecular formula is C15H21N3OS. The second-order valence-corrected chi connectivity index (χ2v) is 5.92. The number of nitrogens with two attached hydrogens (primary N) is 1. The molecule has 0 bridgehead atoms. The Morgan fingerprint density at radius 3 is 2.80 bits per heavy atom. The fourth-order valence-corrected chi connectivity index (χ4v) is 2.95. The zero-order chi connectivity index (χ0) is 14.2. The van der Waals surface area contributed by atoms with Crippen molar-refractivity contribution in [3.63, 3.8) is 0 Å². The van der Waals surface area contributed by atoms with Crippen LogP contribution in [0.1, 0.15) is 37.1 Å². The van der Waals surface area contributed by atoms with Crippen LogP contribution in [-0.2, 0) is 11.3 Å². The highest BCUT2D eigenvalue weighted by Crippen LogP contribution is 2.21. The van der Waals surface area contributed by atoms with Crippen LogP contribution in [0.25, 0.3) is 10.2 Å². The number of nitrogens with one attached hydrogen (secondary N) is 1. The van der Waals surface area contributed by atoms with Crippen molar-refractivity contribution in [3.8, 4) is 0 Å². The first-order chi connectivity index (χ1) is 9.79. The molecule has 0 saturated carbocycles. The van der Waals surface area contributed by atoms with E-state index in [1.807, 2.05) is 18.2 Å². The molecule has 0 atom stereocenters. The Morgan fingerprint density at radius 1 is 1.20 bits per heavy atom. The van der Waals surface area contributed by atoms with Crippen molar-refractivity contribution in [1.82, 2.24) is 10.3 Å². The van der Waals surface area contributed by atoms with Gasteiger partial charge in [-0.2, -0.15) is 0 Å². The molecular weight excluding hydrogens is 270 g/mol. The fraction of sp³-hybridized carbons (Fsp3) is 0.467. The van der Waals surface area contributed by atoms with Gasteiger partial charge in [0.2, 0.25) is 5.91 Å². The first-order valence-corrected chi connectivity index (χ1v) is 7.92. The predicted molar refractivity (Wildman–Crippen MR) is 83.6 cm³/mol. The number of rotatable bonds is 8. The molecule has 4 nitrogen and oxygen atoms in total. The number of thiazole rings is 1. The van der Waals surface area contributed by atoms with Crippen LogP contribution in [0.4, 0.5) is 0 Å². The molecule has 1 amide bonds. The van der Waals surface area contributed by atoms with Gasteiger partial charge in [-0.15, -0.1) is 11.3 Å². The zero-order valence-corrected chi connectivity index (χ0v) is 12.4. The van der Waals surface area contributed by atoms with Crippen molar-refractivity contribution in [1.29, 1.82) is 0 Å². The second kappa shape index (κ2) is 7.97. The zero-order valence-electron chi connectivity index (χ0n) is 11.6. The van der Waals surface area contributed by atoms with Crippen molar-refractivity contribution >= 4 is 27.5 Å². The fourth-order valence-electron chi connectivity index (χ4n) is 2.04. The summed E-state index contributed by atoms with van der Waals surface area (Å²) < 4.78 is 1.17. The van der Waals surface area contributed by atoms with E-state index in [-0.39, 0.29) is 5.91 Å². The SMILES string of the molecule is NCCCCCCC(=O)NCc1nc2ccccc2s1. The average molecular weight is 291 g/mol. The van der Waals surface area contributed by atoms with E-state index in [1.165, 1.54) is 4.70 Å². The van der Waals surface area contributed by atoms with Gasteiger partial charge in [0, 0.05) is 6.42 Å². The standard InChI is InChI=1S/C15H21N3OS/c16-10-6-2-1-3-9-14(19)17-11-15-18-12-7-4-5-8-13(12)20-15/h4-5,7-8H,1-3,6,9-11,16H2,(H,17,19). The Kier molecular flexibility index (Phi) is 5.95. The number of carbonyl (C=O) groups excluding carboxylic acids is 1. The normalized spacial score (nSPS) is 10.8. The molecule has 20 heavy (non-hydrogen) atoms. The molecule has 0 saturated heterocycles. The number of carbonyl (C=O) groups is 1. The van der Waals surface area contributed by atoms with E-state index in [2.05, 4.69) is 16.4 Å². The third-order valence-electron chi connectivity index (χ3n) is 3.13. The summed E-state index contributed by atoms with van der Waals surface area (Å²) in [5.41, 5.74) is 6.43. The molecule has 2 rings (SSSR count). The number of unbranched alkanes of at least 4 members (excludes halogenated alkanes) is 3. The number of aromatic nitrogens is 1. The molecule has 0 unspecified atom stereocenters. The lowest BCUT2D eigenvalue weighted by molar-refractivity contribution is -0.121. The van der Waals surface area contributed by atoms with Gasteiger partial charge < -0.3 is 11.1 Å². The van der Waals surface area contributed by atoms with Crippen LogP contribution in [0, 0.1) is 0 Å². The summed E-state index contributed by atoms with van der Waals surface area (Å²) in [5, 5.41) is 3.90. The van der Waals surface area contributed by atoms with Crippen LogP contribution < -0.4 is 11.1 Å². The smallest absolute Gasteiger partial charge is 0.220 e. The number of para-hydroxylation sites is 1. The number of amides is 1.